The second-order valence-corrected chi connectivity index (χ2v) is 4.89. The van der Waals surface area contributed by atoms with Crippen molar-refractivity contribution in [3.63, 3.8) is 0 Å². The van der Waals surface area contributed by atoms with Crippen LogP contribution in [-0.2, 0) is 6.61 Å². The summed E-state index contributed by atoms with van der Waals surface area (Å²) >= 11 is 4.45. The molecule has 0 spiro atoms. The summed E-state index contributed by atoms with van der Waals surface area (Å²) in [5, 5.41) is 9.60. The van der Waals surface area contributed by atoms with Gasteiger partial charge in [0.25, 0.3) is 0 Å². The molecule has 0 atom stereocenters. The first-order valence-corrected chi connectivity index (χ1v) is 5.82. The van der Waals surface area contributed by atoms with E-state index in [9.17, 15) is 4.39 Å². The van der Waals surface area contributed by atoms with Crippen molar-refractivity contribution in [3.8, 4) is 10.6 Å². The third kappa shape index (κ3) is 2.25. The van der Waals surface area contributed by atoms with Crippen LogP contribution >= 0.6 is 27.3 Å². The van der Waals surface area contributed by atoms with Crippen LogP contribution in [0.3, 0.4) is 0 Å². The van der Waals surface area contributed by atoms with E-state index < -0.39 is 0 Å². The molecule has 0 aliphatic carbocycles. The predicted octanol–water partition coefficient (Wildman–Crippen LogP) is 3.20. The lowest BCUT2D eigenvalue weighted by molar-refractivity contribution is 0.285. The number of rotatable bonds is 2. The number of aromatic nitrogens is 1. The van der Waals surface area contributed by atoms with Crippen molar-refractivity contribution in [2.75, 3.05) is 0 Å². The van der Waals surface area contributed by atoms with E-state index in [1.807, 2.05) is 0 Å². The van der Waals surface area contributed by atoms with Crippen LogP contribution in [0.5, 0.6) is 0 Å². The summed E-state index contributed by atoms with van der Waals surface area (Å²) < 4.78 is 13.7. The molecule has 0 bridgehead atoms. The summed E-state index contributed by atoms with van der Waals surface area (Å²) in [7, 11) is 0. The molecule has 0 fully saturated rings. The molecule has 0 amide bonds. The lowest BCUT2D eigenvalue weighted by atomic mass is 10.2. The molecule has 0 unspecified atom stereocenters. The van der Waals surface area contributed by atoms with Gasteiger partial charge in [-0.2, -0.15) is 0 Å². The van der Waals surface area contributed by atoms with E-state index in [1.165, 1.54) is 17.4 Å². The van der Waals surface area contributed by atoms with E-state index in [0.29, 0.717) is 9.48 Å². The van der Waals surface area contributed by atoms with Crippen LogP contribution in [0.1, 0.15) is 4.88 Å². The van der Waals surface area contributed by atoms with Gasteiger partial charge in [0, 0.05) is 11.8 Å². The second kappa shape index (κ2) is 4.38. The standard InChI is InChI=1S/C10H7BrFNOS/c11-8-2-1-6(3-9(8)12)10-13-4-7(5-14)15-10/h1-4,14H,5H2. The highest BCUT2D eigenvalue weighted by molar-refractivity contribution is 9.10. The summed E-state index contributed by atoms with van der Waals surface area (Å²) in [5.74, 6) is -0.312. The van der Waals surface area contributed by atoms with Crippen molar-refractivity contribution in [1.82, 2.24) is 4.98 Å². The maximum atomic E-state index is 13.2. The molecule has 0 saturated heterocycles. The van der Waals surface area contributed by atoms with E-state index in [4.69, 9.17) is 5.11 Å². The van der Waals surface area contributed by atoms with Gasteiger partial charge in [0.1, 0.15) is 10.8 Å². The zero-order valence-corrected chi connectivity index (χ0v) is 9.98. The first-order valence-electron chi connectivity index (χ1n) is 4.21. The Morgan fingerprint density at radius 1 is 1.47 bits per heavy atom. The van der Waals surface area contributed by atoms with Gasteiger partial charge in [-0.25, -0.2) is 9.37 Å². The summed E-state index contributed by atoms with van der Waals surface area (Å²) in [5.41, 5.74) is 0.723. The molecule has 78 valence electrons. The monoisotopic (exact) mass is 287 g/mol. The van der Waals surface area contributed by atoms with Crippen molar-refractivity contribution < 1.29 is 9.50 Å². The molecule has 1 heterocycles. The van der Waals surface area contributed by atoms with Gasteiger partial charge < -0.3 is 5.11 Å². The molecular weight excluding hydrogens is 281 g/mol. The molecule has 5 heteroatoms. The number of nitrogens with zero attached hydrogens (tertiary/aromatic N) is 1. The highest BCUT2D eigenvalue weighted by Gasteiger charge is 2.06. The third-order valence-electron chi connectivity index (χ3n) is 1.88. The second-order valence-electron chi connectivity index (χ2n) is 2.92. The van der Waals surface area contributed by atoms with Crippen LogP contribution in [0.2, 0.25) is 0 Å². The molecule has 0 radical (unpaired) electrons. The Morgan fingerprint density at radius 2 is 2.27 bits per heavy atom. The number of hydrogen-bond donors (Lipinski definition) is 1. The molecule has 0 aliphatic rings. The summed E-state index contributed by atoms with van der Waals surface area (Å²) in [6.07, 6.45) is 1.60. The molecule has 1 aromatic heterocycles. The van der Waals surface area contributed by atoms with Crippen molar-refractivity contribution in [2.45, 2.75) is 6.61 Å². The van der Waals surface area contributed by atoms with Crippen molar-refractivity contribution in [3.05, 3.63) is 39.6 Å². The highest BCUT2D eigenvalue weighted by Crippen LogP contribution is 2.27. The minimum atomic E-state index is -0.312. The summed E-state index contributed by atoms with van der Waals surface area (Å²) in [6.45, 7) is -0.0311. The van der Waals surface area contributed by atoms with Gasteiger partial charge in [0.2, 0.25) is 0 Å². The fourth-order valence-corrected chi connectivity index (χ4v) is 2.16. The average molecular weight is 288 g/mol. The first kappa shape index (κ1) is 10.7. The number of hydrogen-bond acceptors (Lipinski definition) is 3. The fraction of sp³-hybridized carbons (Fsp3) is 0.100. The SMILES string of the molecule is OCc1cnc(-c2ccc(Br)c(F)c2)s1. The van der Waals surface area contributed by atoms with Gasteiger partial charge in [-0.05, 0) is 28.1 Å². The molecule has 15 heavy (non-hydrogen) atoms. The number of thiazole rings is 1. The molecule has 1 N–H and O–H groups in total. The van der Waals surface area contributed by atoms with Gasteiger partial charge in [-0.3, -0.25) is 0 Å². The van der Waals surface area contributed by atoms with Gasteiger partial charge in [-0.1, -0.05) is 6.07 Å². The quantitative estimate of drug-likeness (QED) is 0.920. The van der Waals surface area contributed by atoms with E-state index in [-0.39, 0.29) is 12.4 Å². The number of aliphatic hydroxyl groups excluding tert-OH is 1. The normalized spacial score (nSPS) is 10.6. The molecule has 0 saturated carbocycles. The fourth-order valence-electron chi connectivity index (χ4n) is 1.14. The number of benzene rings is 1. The molecule has 2 rings (SSSR count). The van der Waals surface area contributed by atoms with Crippen molar-refractivity contribution in [1.29, 1.82) is 0 Å². The minimum absolute atomic E-state index is 0.0311. The lowest BCUT2D eigenvalue weighted by Gasteiger charge is -1.97. The lowest BCUT2D eigenvalue weighted by Crippen LogP contribution is -1.80. The van der Waals surface area contributed by atoms with Crippen LogP contribution in [0.15, 0.2) is 28.9 Å². The summed E-state index contributed by atoms with van der Waals surface area (Å²) in [6, 6.07) is 4.85. The Balaban J connectivity index is 2.40. The minimum Gasteiger partial charge on any atom is -0.391 e. The van der Waals surface area contributed by atoms with E-state index in [1.54, 1.807) is 18.3 Å². The Bertz CT molecular complexity index is 486. The molecule has 1 aromatic carbocycles. The Morgan fingerprint density at radius 3 is 2.87 bits per heavy atom. The number of aliphatic hydroxyl groups is 1. The first-order chi connectivity index (χ1) is 7.20. The van der Waals surface area contributed by atoms with E-state index >= 15 is 0 Å². The molecular formula is C10H7BrFNOS. The van der Waals surface area contributed by atoms with Crippen molar-refractivity contribution >= 4 is 27.3 Å². The van der Waals surface area contributed by atoms with Crippen LogP contribution in [-0.4, -0.2) is 10.1 Å². The molecule has 0 aliphatic heterocycles. The van der Waals surface area contributed by atoms with Gasteiger partial charge >= 0.3 is 0 Å². The zero-order valence-electron chi connectivity index (χ0n) is 7.58. The van der Waals surface area contributed by atoms with Gasteiger partial charge in [0.15, 0.2) is 0 Å². The van der Waals surface area contributed by atoms with E-state index in [2.05, 4.69) is 20.9 Å². The van der Waals surface area contributed by atoms with Gasteiger partial charge in [0.05, 0.1) is 16.0 Å². The maximum absolute atomic E-state index is 13.2. The zero-order chi connectivity index (χ0) is 10.8. The predicted molar refractivity (Wildman–Crippen MR) is 61.1 cm³/mol. The van der Waals surface area contributed by atoms with Gasteiger partial charge in [-0.15, -0.1) is 11.3 Å². The third-order valence-corrected chi connectivity index (χ3v) is 3.55. The Labute approximate surface area is 98.5 Å². The van der Waals surface area contributed by atoms with Crippen LogP contribution in [0.25, 0.3) is 10.6 Å². The molecule has 2 aromatic rings. The smallest absolute Gasteiger partial charge is 0.138 e. The highest BCUT2D eigenvalue weighted by atomic mass is 79.9. The van der Waals surface area contributed by atoms with E-state index in [0.717, 1.165) is 10.4 Å². The largest absolute Gasteiger partial charge is 0.391 e. The number of halogens is 2. The topological polar surface area (TPSA) is 33.1 Å². The maximum Gasteiger partial charge on any atom is 0.138 e. The Hall–Kier alpha value is -0.780. The molecule has 2 nitrogen and oxygen atoms in total. The van der Waals surface area contributed by atoms with Crippen molar-refractivity contribution in [2.24, 2.45) is 0 Å². The van der Waals surface area contributed by atoms with Crippen LogP contribution in [0, 0.1) is 5.82 Å². The van der Waals surface area contributed by atoms with Crippen LogP contribution < -0.4 is 0 Å². The average Bonchev–Trinajstić information content (AvgIpc) is 2.70. The van der Waals surface area contributed by atoms with Crippen LogP contribution in [0.4, 0.5) is 4.39 Å². The summed E-state index contributed by atoms with van der Waals surface area (Å²) in [4.78, 5) is 4.88. The Kier molecular flexibility index (Phi) is 3.14.